The molecule has 0 fully saturated rings. The Balaban J connectivity index is 2.25. The van der Waals surface area contributed by atoms with E-state index in [4.69, 9.17) is 9.47 Å². The highest BCUT2D eigenvalue weighted by atomic mass is 16.6. The van der Waals surface area contributed by atoms with Gasteiger partial charge in [-0.15, -0.1) is 0 Å². The molecule has 0 radical (unpaired) electrons. The lowest BCUT2D eigenvalue weighted by atomic mass is 10.3. The second-order valence-electron chi connectivity index (χ2n) is 4.70. The number of aromatic nitrogens is 3. The van der Waals surface area contributed by atoms with Crippen molar-refractivity contribution in [3.8, 4) is 0 Å². The summed E-state index contributed by atoms with van der Waals surface area (Å²) in [7, 11) is 1.91. The Bertz CT molecular complexity index is 455. The average Bonchev–Trinajstić information content (AvgIpc) is 2.76. The van der Waals surface area contributed by atoms with Crippen molar-refractivity contribution < 1.29 is 19.0 Å². The van der Waals surface area contributed by atoms with Gasteiger partial charge in [0.1, 0.15) is 19.8 Å². The highest BCUT2D eigenvalue weighted by molar-refractivity contribution is 5.86. The maximum atomic E-state index is 11.1. The molecular weight excluding hydrogens is 258 g/mol. The molecule has 0 spiro atoms. The SMILES string of the molecule is C=C(C)C(=O)OCCOCc1c[n+](CCCC)n(C)n1. The second-order valence-corrected chi connectivity index (χ2v) is 4.70. The predicted octanol–water partition coefficient (Wildman–Crippen LogP) is 1.14. The van der Waals surface area contributed by atoms with Crippen LogP contribution in [0.25, 0.3) is 0 Å². The van der Waals surface area contributed by atoms with E-state index < -0.39 is 0 Å². The molecule has 0 aliphatic heterocycles. The van der Waals surface area contributed by atoms with Gasteiger partial charge in [-0.2, -0.15) is 4.68 Å². The van der Waals surface area contributed by atoms with Crippen LogP contribution in [0.1, 0.15) is 32.4 Å². The molecule has 1 heterocycles. The van der Waals surface area contributed by atoms with Crippen LogP contribution < -0.4 is 4.68 Å². The van der Waals surface area contributed by atoms with E-state index in [0.29, 0.717) is 18.8 Å². The van der Waals surface area contributed by atoms with Crippen molar-refractivity contribution >= 4 is 5.97 Å². The minimum atomic E-state index is -0.385. The fraction of sp³-hybridized carbons (Fsp3) is 0.643. The van der Waals surface area contributed by atoms with Crippen molar-refractivity contribution in [1.29, 1.82) is 0 Å². The van der Waals surface area contributed by atoms with Crippen LogP contribution in [-0.2, 0) is 34.5 Å². The first-order valence-corrected chi connectivity index (χ1v) is 6.87. The van der Waals surface area contributed by atoms with Crippen LogP contribution in [0.2, 0.25) is 0 Å². The zero-order valence-electron chi connectivity index (χ0n) is 12.6. The minimum absolute atomic E-state index is 0.231. The van der Waals surface area contributed by atoms with E-state index in [9.17, 15) is 4.79 Å². The first-order valence-electron chi connectivity index (χ1n) is 6.87. The topological polar surface area (TPSA) is 57.2 Å². The second kappa shape index (κ2) is 8.47. The van der Waals surface area contributed by atoms with Crippen LogP contribution in [0.4, 0.5) is 0 Å². The Labute approximate surface area is 120 Å². The molecule has 0 unspecified atom stereocenters. The zero-order valence-corrected chi connectivity index (χ0v) is 12.6. The first kappa shape index (κ1) is 16.4. The van der Waals surface area contributed by atoms with Gasteiger partial charge in [0.25, 0.3) is 0 Å². The minimum Gasteiger partial charge on any atom is -0.460 e. The highest BCUT2D eigenvalue weighted by Crippen LogP contribution is 1.96. The van der Waals surface area contributed by atoms with Gasteiger partial charge < -0.3 is 9.47 Å². The maximum Gasteiger partial charge on any atom is 0.333 e. The fourth-order valence-corrected chi connectivity index (χ4v) is 1.61. The smallest absolute Gasteiger partial charge is 0.333 e. The quantitative estimate of drug-likeness (QED) is 0.295. The number of nitrogens with zero attached hydrogens (tertiary/aromatic N) is 3. The number of unbranched alkanes of at least 4 members (excludes halogenated alkanes) is 1. The number of hydrogen-bond acceptors (Lipinski definition) is 4. The van der Waals surface area contributed by atoms with E-state index in [-0.39, 0.29) is 12.6 Å². The van der Waals surface area contributed by atoms with Gasteiger partial charge in [-0.3, -0.25) is 0 Å². The van der Waals surface area contributed by atoms with E-state index in [2.05, 4.69) is 23.3 Å². The third-order valence-electron chi connectivity index (χ3n) is 2.74. The number of esters is 1. The Hall–Kier alpha value is -1.69. The lowest BCUT2D eigenvalue weighted by Gasteiger charge is -2.03. The van der Waals surface area contributed by atoms with Crippen LogP contribution in [0, 0.1) is 0 Å². The Kier molecular flexibility index (Phi) is 6.93. The molecule has 20 heavy (non-hydrogen) atoms. The summed E-state index contributed by atoms with van der Waals surface area (Å²) >= 11 is 0. The molecule has 0 aliphatic carbocycles. The molecule has 0 saturated carbocycles. The van der Waals surface area contributed by atoms with E-state index in [1.54, 1.807) is 6.92 Å². The number of rotatable bonds is 9. The molecule has 0 aliphatic rings. The first-order chi connectivity index (χ1) is 9.54. The van der Waals surface area contributed by atoms with Crippen LogP contribution in [-0.4, -0.2) is 29.1 Å². The van der Waals surface area contributed by atoms with Gasteiger partial charge in [0.2, 0.25) is 5.69 Å². The third-order valence-corrected chi connectivity index (χ3v) is 2.74. The summed E-state index contributed by atoms with van der Waals surface area (Å²) in [6, 6.07) is 0. The zero-order chi connectivity index (χ0) is 15.0. The molecule has 1 aromatic rings. The number of carbonyl (C=O) groups is 1. The highest BCUT2D eigenvalue weighted by Gasteiger charge is 2.12. The molecule has 112 valence electrons. The number of aryl methyl sites for hydroxylation is 2. The monoisotopic (exact) mass is 282 g/mol. The molecule has 0 amide bonds. The molecule has 6 nitrogen and oxygen atoms in total. The molecule has 1 aromatic heterocycles. The summed E-state index contributed by atoms with van der Waals surface area (Å²) < 4.78 is 12.4. The van der Waals surface area contributed by atoms with E-state index in [1.807, 2.05) is 18.0 Å². The predicted molar refractivity (Wildman–Crippen MR) is 73.7 cm³/mol. The summed E-state index contributed by atoms with van der Waals surface area (Å²) in [5.41, 5.74) is 1.27. The van der Waals surface area contributed by atoms with Crippen LogP contribution in [0.5, 0.6) is 0 Å². The lowest BCUT2D eigenvalue weighted by molar-refractivity contribution is -0.778. The Morgan fingerprint density at radius 2 is 2.25 bits per heavy atom. The normalized spacial score (nSPS) is 10.6. The van der Waals surface area contributed by atoms with Crippen LogP contribution in [0.3, 0.4) is 0 Å². The van der Waals surface area contributed by atoms with Crippen molar-refractivity contribution in [1.82, 2.24) is 9.90 Å². The summed E-state index contributed by atoms with van der Waals surface area (Å²) in [5, 5.41) is 4.36. The van der Waals surface area contributed by atoms with Crippen LogP contribution in [0.15, 0.2) is 18.3 Å². The van der Waals surface area contributed by atoms with Crippen LogP contribution >= 0.6 is 0 Å². The van der Waals surface area contributed by atoms with Gasteiger partial charge in [-0.1, -0.05) is 19.9 Å². The van der Waals surface area contributed by atoms with Crippen molar-refractivity contribution in [2.75, 3.05) is 13.2 Å². The van der Waals surface area contributed by atoms with Gasteiger partial charge in [0.05, 0.1) is 13.7 Å². The van der Waals surface area contributed by atoms with Gasteiger partial charge in [-0.25, -0.2) is 4.79 Å². The lowest BCUT2D eigenvalue weighted by Crippen LogP contribution is -2.41. The van der Waals surface area contributed by atoms with Crippen molar-refractivity contribution in [3.63, 3.8) is 0 Å². The molecule has 1 rings (SSSR count). The van der Waals surface area contributed by atoms with E-state index in [0.717, 1.165) is 25.1 Å². The van der Waals surface area contributed by atoms with E-state index >= 15 is 0 Å². The summed E-state index contributed by atoms with van der Waals surface area (Å²) in [6.45, 7) is 9.24. The summed E-state index contributed by atoms with van der Waals surface area (Å²) in [6.07, 6.45) is 4.26. The van der Waals surface area contributed by atoms with Gasteiger partial charge in [0, 0.05) is 10.7 Å². The van der Waals surface area contributed by atoms with E-state index in [1.165, 1.54) is 0 Å². The summed E-state index contributed by atoms with van der Waals surface area (Å²) in [4.78, 5) is 12.9. The maximum absolute atomic E-state index is 11.1. The standard InChI is InChI=1S/C14H24N3O3/c1-5-6-7-17-10-13(15-16(17)4)11-19-8-9-20-14(18)12(2)3/h10H,2,5-9,11H2,1,3-4H3/q+1. The molecule has 6 heteroatoms. The van der Waals surface area contributed by atoms with Crippen molar-refractivity contribution in [2.24, 2.45) is 7.05 Å². The van der Waals surface area contributed by atoms with Crippen molar-refractivity contribution in [2.45, 2.75) is 39.8 Å². The molecule has 0 saturated heterocycles. The van der Waals surface area contributed by atoms with Gasteiger partial charge in [0.15, 0.2) is 6.20 Å². The molecule has 0 bridgehead atoms. The molecule has 0 atom stereocenters. The number of carbonyl (C=O) groups excluding carboxylic acids is 1. The van der Waals surface area contributed by atoms with Gasteiger partial charge in [-0.05, 0) is 18.1 Å². The molecule has 0 aromatic carbocycles. The fourth-order valence-electron chi connectivity index (χ4n) is 1.61. The number of hydrogen-bond donors (Lipinski definition) is 0. The average molecular weight is 282 g/mol. The third kappa shape index (κ3) is 5.52. The Morgan fingerprint density at radius 3 is 2.90 bits per heavy atom. The molecule has 0 N–H and O–H groups in total. The largest absolute Gasteiger partial charge is 0.460 e. The van der Waals surface area contributed by atoms with Crippen molar-refractivity contribution in [3.05, 3.63) is 24.0 Å². The molecular formula is C14H24N3O3+. The summed E-state index contributed by atoms with van der Waals surface area (Å²) in [5.74, 6) is -0.385. The Morgan fingerprint density at radius 1 is 1.50 bits per heavy atom. The van der Waals surface area contributed by atoms with Gasteiger partial charge >= 0.3 is 5.97 Å². The number of ether oxygens (including phenoxy) is 2.